The summed E-state index contributed by atoms with van der Waals surface area (Å²) in [5, 5.41) is 0. The van der Waals surface area contributed by atoms with Gasteiger partial charge in [-0.2, -0.15) is 0 Å². The number of benzene rings is 1. The van der Waals surface area contributed by atoms with Gasteiger partial charge in [-0.3, -0.25) is 0 Å². The molecule has 0 atom stereocenters. The maximum atomic E-state index is 5.13. The monoisotopic (exact) mass is 224 g/mol. The summed E-state index contributed by atoms with van der Waals surface area (Å²) < 4.78 is 5.13. The summed E-state index contributed by atoms with van der Waals surface area (Å²) in [4.78, 5) is 0. The van der Waals surface area contributed by atoms with Crippen molar-refractivity contribution in [1.82, 2.24) is 0 Å². The molecule has 2 rings (SSSR count). The number of methoxy groups -OCH3 is 1. The average Bonchev–Trinajstić information content (AvgIpc) is 2.65. The van der Waals surface area contributed by atoms with E-state index in [2.05, 4.69) is 48.6 Å². The van der Waals surface area contributed by atoms with Gasteiger partial charge in [0.2, 0.25) is 0 Å². The first-order chi connectivity index (χ1) is 8.38. The van der Waals surface area contributed by atoms with Crippen LogP contribution in [0.25, 0.3) is 6.08 Å². The van der Waals surface area contributed by atoms with Crippen LogP contribution in [0.15, 0.2) is 66.8 Å². The third-order valence-corrected chi connectivity index (χ3v) is 2.63. The van der Waals surface area contributed by atoms with Gasteiger partial charge in [0.05, 0.1) is 7.11 Å². The van der Waals surface area contributed by atoms with Gasteiger partial charge in [0, 0.05) is 5.92 Å². The molecule has 1 aromatic carbocycles. The highest BCUT2D eigenvalue weighted by molar-refractivity contribution is 5.51. The summed E-state index contributed by atoms with van der Waals surface area (Å²) in [6.45, 7) is 0. The number of allylic oxidation sites excluding steroid dienone is 7. The largest absolute Gasteiger partial charge is 0.497 e. The fraction of sp³-hybridized carbons (Fsp3) is 0.125. The molecular formula is C16H16O. The van der Waals surface area contributed by atoms with Crippen molar-refractivity contribution in [3.63, 3.8) is 0 Å². The molecule has 0 radical (unpaired) electrons. The van der Waals surface area contributed by atoms with Gasteiger partial charge in [-0.25, -0.2) is 0 Å². The molecule has 0 bridgehead atoms. The molecule has 17 heavy (non-hydrogen) atoms. The Balaban J connectivity index is 2.04. The van der Waals surface area contributed by atoms with Gasteiger partial charge < -0.3 is 4.74 Å². The van der Waals surface area contributed by atoms with E-state index in [0.717, 1.165) is 5.75 Å². The van der Waals surface area contributed by atoms with Crippen LogP contribution in [-0.2, 0) is 0 Å². The Morgan fingerprint density at radius 1 is 0.941 bits per heavy atom. The Morgan fingerprint density at radius 3 is 2.18 bits per heavy atom. The maximum absolute atomic E-state index is 5.13. The van der Waals surface area contributed by atoms with Gasteiger partial charge in [-0.05, 0) is 17.7 Å². The molecule has 1 heteroatoms. The van der Waals surface area contributed by atoms with Gasteiger partial charge in [0.1, 0.15) is 5.75 Å². The summed E-state index contributed by atoms with van der Waals surface area (Å²) >= 11 is 0. The van der Waals surface area contributed by atoms with Crippen LogP contribution in [0.1, 0.15) is 5.56 Å². The molecule has 0 fully saturated rings. The molecule has 86 valence electrons. The minimum Gasteiger partial charge on any atom is -0.497 e. The van der Waals surface area contributed by atoms with E-state index in [1.807, 2.05) is 24.3 Å². The first-order valence-electron chi connectivity index (χ1n) is 5.72. The SMILES string of the molecule is COc1ccc(C=CC2C=CC=CC=C2)cc1. The summed E-state index contributed by atoms with van der Waals surface area (Å²) in [5.41, 5.74) is 1.19. The van der Waals surface area contributed by atoms with E-state index >= 15 is 0 Å². The normalized spacial score (nSPS) is 15.4. The Morgan fingerprint density at radius 2 is 1.59 bits per heavy atom. The van der Waals surface area contributed by atoms with Crippen LogP contribution in [0.2, 0.25) is 0 Å². The van der Waals surface area contributed by atoms with Gasteiger partial charge in [0.15, 0.2) is 0 Å². The topological polar surface area (TPSA) is 9.23 Å². The Labute approximate surface area is 102 Å². The van der Waals surface area contributed by atoms with Crippen molar-refractivity contribution in [1.29, 1.82) is 0 Å². The lowest BCUT2D eigenvalue weighted by atomic mass is 10.1. The first kappa shape index (κ1) is 11.5. The number of rotatable bonds is 3. The van der Waals surface area contributed by atoms with Gasteiger partial charge in [0.25, 0.3) is 0 Å². The molecule has 1 aliphatic rings. The third-order valence-electron chi connectivity index (χ3n) is 2.63. The molecule has 1 aliphatic carbocycles. The molecule has 0 aliphatic heterocycles. The third kappa shape index (κ3) is 3.49. The van der Waals surface area contributed by atoms with E-state index in [-0.39, 0.29) is 0 Å². The van der Waals surface area contributed by atoms with Crippen molar-refractivity contribution in [2.24, 2.45) is 5.92 Å². The molecule has 0 N–H and O–H groups in total. The Bertz CT molecular complexity index is 445. The summed E-state index contributed by atoms with van der Waals surface area (Å²) in [7, 11) is 1.68. The quantitative estimate of drug-likeness (QED) is 0.753. The lowest BCUT2D eigenvalue weighted by Crippen LogP contribution is -1.85. The van der Waals surface area contributed by atoms with Crippen LogP contribution in [0.5, 0.6) is 5.75 Å². The molecule has 0 heterocycles. The molecule has 0 unspecified atom stereocenters. The zero-order valence-electron chi connectivity index (χ0n) is 9.91. The molecule has 0 spiro atoms. The van der Waals surface area contributed by atoms with E-state index in [4.69, 9.17) is 4.74 Å². The lowest BCUT2D eigenvalue weighted by molar-refractivity contribution is 0.415. The minimum absolute atomic E-state index is 0.368. The highest BCUT2D eigenvalue weighted by Crippen LogP contribution is 2.14. The van der Waals surface area contributed by atoms with Crippen LogP contribution in [0.3, 0.4) is 0 Å². The average molecular weight is 224 g/mol. The van der Waals surface area contributed by atoms with E-state index in [9.17, 15) is 0 Å². The molecule has 0 saturated heterocycles. The standard InChI is InChI=1S/C16H16O/c1-17-16-12-10-15(11-13-16)9-8-14-6-4-2-3-5-7-14/h2-14H,1H3. The predicted octanol–water partition coefficient (Wildman–Crippen LogP) is 4.01. The molecule has 0 aromatic heterocycles. The van der Waals surface area contributed by atoms with Crippen LogP contribution in [0, 0.1) is 5.92 Å². The van der Waals surface area contributed by atoms with E-state index in [1.54, 1.807) is 7.11 Å². The highest BCUT2D eigenvalue weighted by Gasteiger charge is 1.95. The first-order valence-corrected chi connectivity index (χ1v) is 5.72. The smallest absolute Gasteiger partial charge is 0.118 e. The zero-order chi connectivity index (χ0) is 11.9. The molecule has 0 amide bonds. The van der Waals surface area contributed by atoms with Gasteiger partial charge in [-0.15, -0.1) is 0 Å². The Hall–Kier alpha value is -2.02. The minimum atomic E-state index is 0.368. The number of hydrogen-bond acceptors (Lipinski definition) is 1. The van der Waals surface area contributed by atoms with Crippen molar-refractivity contribution in [2.75, 3.05) is 7.11 Å². The second-order valence-electron chi connectivity index (χ2n) is 3.86. The van der Waals surface area contributed by atoms with Crippen LogP contribution >= 0.6 is 0 Å². The highest BCUT2D eigenvalue weighted by atomic mass is 16.5. The molecule has 0 saturated carbocycles. The summed E-state index contributed by atoms with van der Waals surface area (Å²) in [5.74, 6) is 1.26. The summed E-state index contributed by atoms with van der Waals surface area (Å²) in [6, 6.07) is 8.05. The van der Waals surface area contributed by atoms with Crippen molar-refractivity contribution in [3.8, 4) is 5.75 Å². The van der Waals surface area contributed by atoms with E-state index in [0.29, 0.717) is 5.92 Å². The summed E-state index contributed by atoms with van der Waals surface area (Å²) in [6.07, 6.45) is 16.9. The molecule has 1 aromatic rings. The lowest BCUT2D eigenvalue weighted by Gasteiger charge is -2.01. The van der Waals surface area contributed by atoms with E-state index < -0.39 is 0 Å². The molecular weight excluding hydrogens is 208 g/mol. The fourth-order valence-corrected chi connectivity index (χ4v) is 1.64. The van der Waals surface area contributed by atoms with Crippen molar-refractivity contribution < 1.29 is 4.74 Å². The van der Waals surface area contributed by atoms with E-state index in [1.165, 1.54) is 5.56 Å². The van der Waals surface area contributed by atoms with Gasteiger partial charge >= 0.3 is 0 Å². The van der Waals surface area contributed by atoms with Crippen molar-refractivity contribution in [2.45, 2.75) is 0 Å². The van der Waals surface area contributed by atoms with Crippen LogP contribution < -0.4 is 4.74 Å². The fourth-order valence-electron chi connectivity index (χ4n) is 1.64. The number of hydrogen-bond donors (Lipinski definition) is 0. The maximum Gasteiger partial charge on any atom is 0.118 e. The number of ether oxygens (including phenoxy) is 1. The van der Waals surface area contributed by atoms with Crippen LogP contribution in [-0.4, -0.2) is 7.11 Å². The second kappa shape index (κ2) is 5.90. The predicted molar refractivity (Wildman–Crippen MR) is 72.9 cm³/mol. The van der Waals surface area contributed by atoms with Crippen molar-refractivity contribution >= 4 is 6.08 Å². The van der Waals surface area contributed by atoms with Gasteiger partial charge in [-0.1, -0.05) is 60.7 Å². The molecule has 1 nitrogen and oxygen atoms in total. The second-order valence-corrected chi connectivity index (χ2v) is 3.86. The Kier molecular flexibility index (Phi) is 3.98. The van der Waals surface area contributed by atoms with Crippen LogP contribution in [0.4, 0.5) is 0 Å². The van der Waals surface area contributed by atoms with Crippen molar-refractivity contribution in [3.05, 3.63) is 72.4 Å². The zero-order valence-corrected chi connectivity index (χ0v) is 9.91.